The molecule has 5 nitrogen and oxygen atoms in total. The SMILES string of the molecule is Cc1cccc(CCNC(=O)c2ccc(N3CCN(C(=O)C4CC4)CC3)cc2)c1. The maximum atomic E-state index is 12.4. The lowest BCUT2D eigenvalue weighted by Gasteiger charge is -2.36. The molecule has 29 heavy (non-hydrogen) atoms. The number of rotatable bonds is 6. The van der Waals surface area contributed by atoms with E-state index in [0.717, 1.165) is 51.1 Å². The van der Waals surface area contributed by atoms with Gasteiger partial charge in [0.25, 0.3) is 5.91 Å². The van der Waals surface area contributed by atoms with Crippen molar-refractivity contribution in [2.75, 3.05) is 37.6 Å². The Morgan fingerprint density at radius 2 is 1.72 bits per heavy atom. The van der Waals surface area contributed by atoms with Crippen LogP contribution in [0.3, 0.4) is 0 Å². The molecule has 1 heterocycles. The second-order valence-electron chi connectivity index (χ2n) is 8.13. The van der Waals surface area contributed by atoms with E-state index < -0.39 is 0 Å². The summed E-state index contributed by atoms with van der Waals surface area (Å²) in [6, 6.07) is 16.2. The van der Waals surface area contributed by atoms with E-state index in [-0.39, 0.29) is 5.91 Å². The number of nitrogens with zero attached hydrogens (tertiary/aromatic N) is 2. The van der Waals surface area contributed by atoms with Gasteiger partial charge in [-0.15, -0.1) is 0 Å². The molecule has 2 aromatic carbocycles. The Balaban J connectivity index is 1.25. The van der Waals surface area contributed by atoms with Crippen LogP contribution < -0.4 is 10.2 Å². The molecular weight excluding hydrogens is 362 g/mol. The van der Waals surface area contributed by atoms with Crippen molar-refractivity contribution < 1.29 is 9.59 Å². The van der Waals surface area contributed by atoms with Crippen molar-refractivity contribution in [3.05, 3.63) is 65.2 Å². The molecule has 4 rings (SSSR count). The first kappa shape index (κ1) is 19.5. The molecule has 1 saturated carbocycles. The molecule has 0 radical (unpaired) electrons. The summed E-state index contributed by atoms with van der Waals surface area (Å²) in [5.41, 5.74) is 4.27. The lowest BCUT2D eigenvalue weighted by atomic mass is 10.1. The molecule has 2 aromatic rings. The first-order valence-corrected chi connectivity index (χ1v) is 10.6. The summed E-state index contributed by atoms with van der Waals surface area (Å²) in [6.45, 7) is 5.98. The van der Waals surface area contributed by atoms with Gasteiger partial charge in [-0.2, -0.15) is 0 Å². The number of aryl methyl sites for hydroxylation is 1. The Morgan fingerprint density at radius 3 is 2.38 bits per heavy atom. The van der Waals surface area contributed by atoms with Gasteiger partial charge in [0.1, 0.15) is 0 Å². The average molecular weight is 392 g/mol. The molecule has 2 amide bonds. The van der Waals surface area contributed by atoms with E-state index in [4.69, 9.17) is 0 Å². The average Bonchev–Trinajstić information content (AvgIpc) is 3.59. The summed E-state index contributed by atoms with van der Waals surface area (Å²) in [6.07, 6.45) is 2.95. The van der Waals surface area contributed by atoms with Gasteiger partial charge in [-0.05, 0) is 56.0 Å². The number of piperazine rings is 1. The number of carbonyl (C=O) groups is 2. The van der Waals surface area contributed by atoms with Crippen LogP contribution in [0.4, 0.5) is 5.69 Å². The van der Waals surface area contributed by atoms with E-state index in [9.17, 15) is 9.59 Å². The molecular formula is C24H29N3O2. The molecule has 5 heteroatoms. The predicted molar refractivity (Wildman–Crippen MR) is 115 cm³/mol. The number of amides is 2. The Labute approximate surface area is 172 Å². The van der Waals surface area contributed by atoms with Crippen LogP contribution in [0.25, 0.3) is 0 Å². The predicted octanol–water partition coefficient (Wildman–Crippen LogP) is 3.03. The van der Waals surface area contributed by atoms with Crippen LogP contribution in [0.15, 0.2) is 48.5 Å². The van der Waals surface area contributed by atoms with E-state index in [1.165, 1.54) is 11.1 Å². The lowest BCUT2D eigenvalue weighted by Crippen LogP contribution is -2.49. The molecule has 0 aromatic heterocycles. The molecule has 1 N–H and O–H groups in total. The summed E-state index contributed by atoms with van der Waals surface area (Å²) in [7, 11) is 0. The van der Waals surface area contributed by atoms with Crippen molar-refractivity contribution in [1.82, 2.24) is 10.2 Å². The van der Waals surface area contributed by atoms with Crippen molar-refractivity contribution >= 4 is 17.5 Å². The zero-order valence-electron chi connectivity index (χ0n) is 17.1. The summed E-state index contributed by atoms with van der Waals surface area (Å²) < 4.78 is 0. The third kappa shape index (κ3) is 4.97. The minimum Gasteiger partial charge on any atom is -0.368 e. The monoisotopic (exact) mass is 391 g/mol. The number of benzene rings is 2. The fraction of sp³-hybridized carbons (Fsp3) is 0.417. The first-order chi connectivity index (χ1) is 14.1. The van der Waals surface area contributed by atoms with E-state index in [1.54, 1.807) is 0 Å². The van der Waals surface area contributed by atoms with Crippen molar-refractivity contribution in [1.29, 1.82) is 0 Å². The molecule has 0 atom stereocenters. The van der Waals surface area contributed by atoms with Gasteiger partial charge in [-0.1, -0.05) is 29.8 Å². The molecule has 1 aliphatic carbocycles. The van der Waals surface area contributed by atoms with Crippen LogP contribution in [-0.2, 0) is 11.2 Å². The van der Waals surface area contributed by atoms with Crippen molar-refractivity contribution in [3.8, 4) is 0 Å². The molecule has 1 aliphatic heterocycles. The van der Waals surface area contributed by atoms with Gasteiger partial charge in [0.05, 0.1) is 0 Å². The van der Waals surface area contributed by atoms with Gasteiger partial charge in [0.15, 0.2) is 0 Å². The van der Waals surface area contributed by atoms with Gasteiger partial charge in [-0.3, -0.25) is 9.59 Å². The number of carbonyl (C=O) groups excluding carboxylic acids is 2. The van der Waals surface area contributed by atoms with Gasteiger partial charge in [-0.25, -0.2) is 0 Å². The molecule has 2 aliphatic rings. The van der Waals surface area contributed by atoms with Crippen LogP contribution in [0.5, 0.6) is 0 Å². The zero-order chi connectivity index (χ0) is 20.2. The van der Waals surface area contributed by atoms with E-state index >= 15 is 0 Å². The topological polar surface area (TPSA) is 52.7 Å². The lowest BCUT2D eigenvalue weighted by molar-refractivity contribution is -0.132. The van der Waals surface area contributed by atoms with Crippen LogP contribution in [0.2, 0.25) is 0 Å². The van der Waals surface area contributed by atoms with Crippen molar-refractivity contribution in [2.45, 2.75) is 26.2 Å². The fourth-order valence-corrected chi connectivity index (χ4v) is 3.89. The summed E-state index contributed by atoms with van der Waals surface area (Å²) >= 11 is 0. The van der Waals surface area contributed by atoms with E-state index in [2.05, 4.69) is 35.3 Å². The molecule has 0 bridgehead atoms. The minimum absolute atomic E-state index is 0.0379. The number of nitrogens with one attached hydrogen (secondary N) is 1. The second kappa shape index (κ2) is 8.68. The number of anilines is 1. The Hall–Kier alpha value is -2.82. The first-order valence-electron chi connectivity index (χ1n) is 10.6. The fourth-order valence-electron chi connectivity index (χ4n) is 3.89. The Kier molecular flexibility index (Phi) is 5.84. The third-order valence-corrected chi connectivity index (χ3v) is 5.79. The third-order valence-electron chi connectivity index (χ3n) is 5.79. The van der Waals surface area contributed by atoms with Gasteiger partial charge in [0, 0.05) is 49.9 Å². The van der Waals surface area contributed by atoms with Crippen molar-refractivity contribution in [3.63, 3.8) is 0 Å². The standard InChI is InChI=1S/C24H29N3O2/c1-18-3-2-4-19(17-18)11-12-25-23(28)20-7-9-22(10-8-20)26-13-15-27(16-14-26)24(29)21-5-6-21/h2-4,7-10,17,21H,5-6,11-16H2,1H3,(H,25,28). The van der Waals surface area contributed by atoms with Crippen LogP contribution in [0.1, 0.15) is 34.3 Å². The molecule has 0 unspecified atom stereocenters. The van der Waals surface area contributed by atoms with Crippen molar-refractivity contribution in [2.24, 2.45) is 5.92 Å². The summed E-state index contributed by atoms with van der Waals surface area (Å²) in [5, 5.41) is 3.00. The zero-order valence-corrected chi connectivity index (χ0v) is 17.1. The highest BCUT2D eigenvalue weighted by Gasteiger charge is 2.34. The van der Waals surface area contributed by atoms with Gasteiger partial charge in [0.2, 0.25) is 5.91 Å². The highest BCUT2D eigenvalue weighted by atomic mass is 16.2. The highest BCUT2D eigenvalue weighted by Crippen LogP contribution is 2.31. The normalized spacial score (nSPS) is 16.6. The van der Waals surface area contributed by atoms with Crippen LogP contribution >= 0.6 is 0 Å². The summed E-state index contributed by atoms with van der Waals surface area (Å²) in [5.74, 6) is 0.594. The summed E-state index contributed by atoms with van der Waals surface area (Å²) in [4.78, 5) is 28.9. The van der Waals surface area contributed by atoms with Gasteiger partial charge >= 0.3 is 0 Å². The van der Waals surface area contributed by atoms with Crippen LogP contribution in [-0.4, -0.2) is 49.4 Å². The Morgan fingerprint density at radius 1 is 1.00 bits per heavy atom. The maximum Gasteiger partial charge on any atom is 0.251 e. The number of hydrogen-bond donors (Lipinski definition) is 1. The van der Waals surface area contributed by atoms with Gasteiger partial charge < -0.3 is 15.1 Å². The van der Waals surface area contributed by atoms with E-state index in [1.807, 2.05) is 35.2 Å². The van der Waals surface area contributed by atoms with Crippen LogP contribution in [0, 0.1) is 12.8 Å². The quantitative estimate of drug-likeness (QED) is 0.824. The smallest absolute Gasteiger partial charge is 0.251 e. The maximum absolute atomic E-state index is 12.4. The molecule has 0 spiro atoms. The van der Waals surface area contributed by atoms with E-state index in [0.29, 0.717) is 23.9 Å². The highest BCUT2D eigenvalue weighted by molar-refractivity contribution is 5.94. The molecule has 152 valence electrons. The Bertz CT molecular complexity index is 866. The molecule has 1 saturated heterocycles. The largest absolute Gasteiger partial charge is 0.368 e. The molecule has 2 fully saturated rings. The number of hydrogen-bond acceptors (Lipinski definition) is 3. The minimum atomic E-state index is -0.0379. The second-order valence-corrected chi connectivity index (χ2v) is 8.13.